The molecule has 1 aliphatic carbocycles. The first-order chi connectivity index (χ1) is 14.4. The van der Waals surface area contributed by atoms with Crippen LogP contribution >= 0.6 is 0 Å². The Kier molecular flexibility index (Phi) is 5.20. The predicted molar refractivity (Wildman–Crippen MR) is 112 cm³/mol. The van der Waals surface area contributed by atoms with Crippen molar-refractivity contribution >= 4 is 17.3 Å². The summed E-state index contributed by atoms with van der Waals surface area (Å²) in [7, 11) is 0. The van der Waals surface area contributed by atoms with Crippen LogP contribution in [-0.2, 0) is 0 Å². The van der Waals surface area contributed by atoms with Gasteiger partial charge < -0.3 is 11.1 Å². The molecular weight excluding hydrogens is 385 g/mol. The number of rotatable bonds is 6. The van der Waals surface area contributed by atoms with E-state index in [0.29, 0.717) is 40.2 Å². The van der Waals surface area contributed by atoms with Gasteiger partial charge in [-0.15, -0.1) is 0 Å². The Morgan fingerprint density at radius 3 is 2.53 bits per heavy atom. The zero-order valence-corrected chi connectivity index (χ0v) is 16.4. The summed E-state index contributed by atoms with van der Waals surface area (Å²) in [6.07, 6.45) is 6.92. The summed E-state index contributed by atoms with van der Waals surface area (Å²) in [6.45, 7) is 1.71. The van der Waals surface area contributed by atoms with Gasteiger partial charge in [0.25, 0.3) is 5.91 Å². The third-order valence-corrected chi connectivity index (χ3v) is 4.73. The lowest BCUT2D eigenvalue weighted by molar-refractivity contribution is 0.0950. The lowest BCUT2D eigenvalue weighted by atomic mass is 10.2. The van der Waals surface area contributed by atoms with E-state index < -0.39 is 0 Å². The summed E-state index contributed by atoms with van der Waals surface area (Å²) in [4.78, 5) is 20.9. The first-order valence-corrected chi connectivity index (χ1v) is 9.51. The maximum atomic E-state index is 13.2. The second-order valence-corrected chi connectivity index (χ2v) is 7.20. The van der Waals surface area contributed by atoms with Gasteiger partial charge in [0.05, 0.1) is 11.3 Å². The molecule has 5 N–H and O–H groups in total. The molecule has 1 aromatic carbocycles. The smallest absolute Gasteiger partial charge is 0.253 e. The highest BCUT2D eigenvalue weighted by Gasteiger charge is 2.24. The molecule has 154 valence electrons. The Hall–Kier alpha value is -3.72. The number of amides is 1. The monoisotopic (exact) mass is 407 g/mol. The Bertz CT molecular complexity index is 1080. The highest BCUT2D eigenvalue weighted by molar-refractivity contribution is 5.94. The molecule has 0 saturated heterocycles. The van der Waals surface area contributed by atoms with Crippen LogP contribution < -0.4 is 21.9 Å². The fourth-order valence-electron chi connectivity index (χ4n) is 2.99. The zero-order valence-electron chi connectivity index (χ0n) is 16.4. The van der Waals surface area contributed by atoms with Gasteiger partial charge >= 0.3 is 0 Å². The minimum absolute atomic E-state index is 0.120. The number of halogens is 1. The molecule has 0 spiro atoms. The maximum Gasteiger partial charge on any atom is 0.253 e. The van der Waals surface area contributed by atoms with Crippen molar-refractivity contribution in [3.05, 3.63) is 77.9 Å². The lowest BCUT2D eigenvalue weighted by Crippen LogP contribution is -2.31. The molecule has 8 nitrogen and oxygen atoms in total. The predicted octanol–water partition coefficient (Wildman–Crippen LogP) is 2.33. The number of hydrogen-bond donors (Lipinski definition) is 3. The number of hydrogen-bond acceptors (Lipinski definition) is 6. The van der Waals surface area contributed by atoms with Crippen LogP contribution in [0.1, 0.15) is 35.8 Å². The van der Waals surface area contributed by atoms with Gasteiger partial charge in [-0.3, -0.25) is 14.4 Å². The summed E-state index contributed by atoms with van der Waals surface area (Å²) < 4.78 is 14.9. The van der Waals surface area contributed by atoms with Crippen molar-refractivity contribution in [3.8, 4) is 5.82 Å². The van der Waals surface area contributed by atoms with Gasteiger partial charge in [0.2, 0.25) is 0 Å². The Labute approximate surface area is 173 Å². The molecule has 0 bridgehead atoms. The Morgan fingerprint density at radius 2 is 1.93 bits per heavy atom. The average Bonchev–Trinajstić information content (AvgIpc) is 3.42. The third kappa shape index (κ3) is 4.15. The molecule has 4 rings (SSSR count). The van der Waals surface area contributed by atoms with E-state index in [9.17, 15) is 9.18 Å². The van der Waals surface area contributed by atoms with E-state index in [2.05, 4.69) is 15.3 Å². The molecule has 9 heteroatoms. The summed E-state index contributed by atoms with van der Waals surface area (Å²) >= 11 is 0. The van der Waals surface area contributed by atoms with Crippen molar-refractivity contribution < 1.29 is 9.18 Å². The van der Waals surface area contributed by atoms with E-state index in [1.807, 2.05) is 0 Å². The molecule has 2 aromatic heterocycles. The number of anilines is 1. The molecular formula is C21H22FN7O. The number of hydrazine groups is 1. The number of carbonyl (C=O) groups excluding carboxylic acids is 1. The van der Waals surface area contributed by atoms with E-state index in [-0.39, 0.29) is 11.7 Å². The SMILES string of the molecule is C/C(N)=C(\c1cn(-c2ccc(C(=O)NC3CC3)cn2)cn1)N(N)c1ccc(F)cc1. The van der Waals surface area contributed by atoms with Crippen molar-refractivity contribution in [2.45, 2.75) is 25.8 Å². The largest absolute Gasteiger partial charge is 0.400 e. The highest BCUT2D eigenvalue weighted by atomic mass is 19.1. The number of carbonyl (C=O) groups is 1. The van der Waals surface area contributed by atoms with Crippen molar-refractivity contribution in [3.63, 3.8) is 0 Å². The molecule has 1 amide bonds. The van der Waals surface area contributed by atoms with E-state index in [0.717, 1.165) is 12.8 Å². The quantitative estimate of drug-likeness (QED) is 0.427. The molecule has 1 aliphatic rings. The number of nitrogens with one attached hydrogen (secondary N) is 1. The number of nitrogens with zero attached hydrogens (tertiary/aromatic N) is 4. The minimum atomic E-state index is -0.355. The van der Waals surface area contributed by atoms with Crippen molar-refractivity contribution in [1.29, 1.82) is 0 Å². The van der Waals surface area contributed by atoms with Gasteiger partial charge in [0.15, 0.2) is 0 Å². The van der Waals surface area contributed by atoms with Crippen LogP contribution in [0.25, 0.3) is 11.5 Å². The van der Waals surface area contributed by atoms with Crippen molar-refractivity contribution in [2.75, 3.05) is 5.01 Å². The minimum Gasteiger partial charge on any atom is -0.400 e. The topological polar surface area (TPSA) is 115 Å². The molecule has 2 heterocycles. The fraction of sp³-hybridized carbons (Fsp3) is 0.190. The molecule has 30 heavy (non-hydrogen) atoms. The molecule has 3 aromatic rings. The van der Waals surface area contributed by atoms with Gasteiger partial charge in [0.1, 0.15) is 29.4 Å². The van der Waals surface area contributed by atoms with E-state index >= 15 is 0 Å². The first kappa shape index (κ1) is 19.6. The first-order valence-electron chi connectivity index (χ1n) is 9.51. The summed E-state index contributed by atoms with van der Waals surface area (Å²) in [5, 5.41) is 4.29. The maximum absolute atomic E-state index is 13.2. The van der Waals surface area contributed by atoms with Gasteiger partial charge in [0, 0.05) is 24.1 Å². The van der Waals surface area contributed by atoms with Crippen LogP contribution in [0.15, 0.2) is 60.8 Å². The van der Waals surface area contributed by atoms with E-state index in [4.69, 9.17) is 11.6 Å². The number of aromatic nitrogens is 3. The Balaban J connectivity index is 1.56. The number of nitrogens with two attached hydrogens (primary N) is 2. The highest BCUT2D eigenvalue weighted by Crippen LogP contribution is 2.24. The third-order valence-electron chi connectivity index (χ3n) is 4.73. The fourth-order valence-corrected chi connectivity index (χ4v) is 2.99. The van der Waals surface area contributed by atoms with Crippen LogP contribution in [0.5, 0.6) is 0 Å². The molecule has 0 atom stereocenters. The zero-order chi connectivity index (χ0) is 21.3. The number of pyridine rings is 1. The van der Waals surface area contributed by atoms with Crippen LogP contribution in [0.3, 0.4) is 0 Å². The number of allylic oxidation sites excluding steroid dienone is 1. The molecule has 1 fully saturated rings. The van der Waals surface area contributed by atoms with Crippen molar-refractivity contribution in [1.82, 2.24) is 19.9 Å². The number of imidazole rings is 1. The number of benzene rings is 1. The second kappa shape index (κ2) is 7.96. The van der Waals surface area contributed by atoms with Gasteiger partial charge in [-0.1, -0.05) is 0 Å². The molecule has 0 radical (unpaired) electrons. The molecule has 0 aliphatic heterocycles. The van der Waals surface area contributed by atoms with Crippen LogP contribution in [0, 0.1) is 5.82 Å². The standard InChI is InChI=1S/C21H22FN7O/c1-13(23)20(29(24)17-7-3-15(22)4-8-17)18-11-28(12-26-18)19-9-2-14(10-25-19)21(30)27-16-5-6-16/h2-4,7-12,16H,5-6,23-24H2,1H3,(H,27,30)/b20-13-. The molecule has 1 saturated carbocycles. The summed E-state index contributed by atoms with van der Waals surface area (Å²) in [5.74, 6) is 6.35. The van der Waals surface area contributed by atoms with Crippen LogP contribution in [-0.4, -0.2) is 26.5 Å². The van der Waals surface area contributed by atoms with E-state index in [1.54, 1.807) is 48.3 Å². The van der Waals surface area contributed by atoms with Crippen LogP contribution in [0.4, 0.5) is 10.1 Å². The summed E-state index contributed by atoms with van der Waals surface area (Å²) in [5.41, 5.74) is 8.60. The van der Waals surface area contributed by atoms with E-state index in [1.165, 1.54) is 23.3 Å². The van der Waals surface area contributed by atoms with Gasteiger partial charge in [-0.25, -0.2) is 20.2 Å². The Morgan fingerprint density at radius 1 is 1.20 bits per heavy atom. The van der Waals surface area contributed by atoms with Crippen LogP contribution in [0.2, 0.25) is 0 Å². The van der Waals surface area contributed by atoms with Crippen molar-refractivity contribution in [2.24, 2.45) is 11.6 Å². The average molecular weight is 407 g/mol. The summed E-state index contributed by atoms with van der Waals surface area (Å²) in [6, 6.07) is 9.51. The second-order valence-electron chi connectivity index (χ2n) is 7.20. The lowest BCUT2D eigenvalue weighted by Gasteiger charge is -2.22. The molecule has 0 unspecified atom stereocenters. The van der Waals surface area contributed by atoms with Gasteiger partial charge in [-0.05, 0) is 56.2 Å². The normalized spacial score (nSPS) is 14.2. The van der Waals surface area contributed by atoms with Gasteiger partial charge in [-0.2, -0.15) is 0 Å².